The molecule has 4 aromatic rings. The molecule has 0 spiro atoms. The number of hydrogen-bond donors (Lipinski definition) is 2. The van der Waals surface area contributed by atoms with Crippen molar-refractivity contribution >= 4 is 34.8 Å². The summed E-state index contributed by atoms with van der Waals surface area (Å²) in [5, 5.41) is 7.39. The Morgan fingerprint density at radius 2 is 1.44 bits per heavy atom. The number of esters is 1. The number of hydrogen-bond acceptors (Lipinski definition) is 5. The standard InChI is InChI=1S/C27H22N2O4S/c30-25(20-10-5-2-6-11-20)28-21-13-15-22(16-14-21)33-27(32)23(18-19-8-3-1-4-9-19)29-26(31)24-12-7-17-34-24/h1-17,23H,18H2,(H,28,30)(H,29,31)/t23-/m0/s1. The van der Waals surface area contributed by atoms with Crippen LogP contribution in [0.4, 0.5) is 5.69 Å². The zero-order chi connectivity index (χ0) is 23.8. The summed E-state index contributed by atoms with van der Waals surface area (Å²) in [6.07, 6.45) is 0.294. The zero-order valence-electron chi connectivity index (χ0n) is 18.1. The smallest absolute Gasteiger partial charge is 0.334 e. The maximum Gasteiger partial charge on any atom is 0.334 e. The Morgan fingerprint density at radius 1 is 0.765 bits per heavy atom. The fourth-order valence-corrected chi connectivity index (χ4v) is 3.89. The molecular weight excluding hydrogens is 448 g/mol. The van der Waals surface area contributed by atoms with Gasteiger partial charge in [0.1, 0.15) is 11.8 Å². The molecule has 0 saturated heterocycles. The molecule has 0 unspecified atom stereocenters. The van der Waals surface area contributed by atoms with Gasteiger partial charge in [-0.2, -0.15) is 0 Å². The van der Waals surface area contributed by atoms with Gasteiger partial charge in [-0.25, -0.2) is 4.79 Å². The number of rotatable bonds is 8. The van der Waals surface area contributed by atoms with Gasteiger partial charge in [0.25, 0.3) is 11.8 Å². The molecule has 0 fully saturated rings. The van der Waals surface area contributed by atoms with E-state index in [9.17, 15) is 14.4 Å². The topological polar surface area (TPSA) is 84.5 Å². The molecule has 0 aliphatic rings. The SMILES string of the molecule is O=C(Nc1ccc(OC(=O)[C@H](Cc2ccccc2)NC(=O)c2cccs2)cc1)c1ccccc1. The molecule has 7 heteroatoms. The number of carbonyl (C=O) groups excluding carboxylic acids is 3. The number of amides is 2. The van der Waals surface area contributed by atoms with Crippen molar-refractivity contribution in [2.24, 2.45) is 0 Å². The lowest BCUT2D eigenvalue weighted by atomic mass is 10.1. The summed E-state index contributed by atoms with van der Waals surface area (Å²) < 4.78 is 5.55. The molecule has 170 valence electrons. The van der Waals surface area contributed by atoms with Crippen molar-refractivity contribution in [3.05, 3.63) is 118 Å². The van der Waals surface area contributed by atoms with Crippen LogP contribution in [-0.4, -0.2) is 23.8 Å². The minimum absolute atomic E-state index is 0.232. The van der Waals surface area contributed by atoms with Crippen LogP contribution in [0.1, 0.15) is 25.6 Å². The third-order valence-corrected chi connectivity index (χ3v) is 5.85. The van der Waals surface area contributed by atoms with Crippen molar-refractivity contribution in [1.29, 1.82) is 0 Å². The van der Waals surface area contributed by atoms with Crippen LogP contribution in [0.25, 0.3) is 0 Å². The maximum absolute atomic E-state index is 13.0. The van der Waals surface area contributed by atoms with Crippen LogP contribution >= 0.6 is 11.3 Å². The average molecular weight is 471 g/mol. The van der Waals surface area contributed by atoms with E-state index in [1.54, 1.807) is 66.0 Å². The van der Waals surface area contributed by atoms with Crippen molar-refractivity contribution in [2.45, 2.75) is 12.5 Å². The van der Waals surface area contributed by atoms with Crippen LogP contribution in [0.3, 0.4) is 0 Å². The first-order chi connectivity index (χ1) is 16.6. The van der Waals surface area contributed by atoms with E-state index in [4.69, 9.17) is 4.74 Å². The highest BCUT2D eigenvalue weighted by molar-refractivity contribution is 7.12. The molecule has 4 rings (SSSR count). The third-order valence-electron chi connectivity index (χ3n) is 4.98. The summed E-state index contributed by atoms with van der Waals surface area (Å²) in [4.78, 5) is 38.4. The molecule has 0 bridgehead atoms. The summed E-state index contributed by atoms with van der Waals surface area (Å²) in [7, 11) is 0. The molecule has 1 atom stereocenters. The average Bonchev–Trinajstić information content (AvgIpc) is 3.41. The maximum atomic E-state index is 13.0. The summed E-state index contributed by atoms with van der Waals surface area (Å²) in [6, 6.07) is 27.4. The first-order valence-electron chi connectivity index (χ1n) is 10.6. The monoisotopic (exact) mass is 470 g/mol. The van der Waals surface area contributed by atoms with E-state index in [0.29, 0.717) is 28.3 Å². The molecule has 2 N–H and O–H groups in total. The molecule has 34 heavy (non-hydrogen) atoms. The first kappa shape index (κ1) is 22.9. The van der Waals surface area contributed by atoms with Crippen LogP contribution in [0, 0.1) is 0 Å². The van der Waals surface area contributed by atoms with E-state index >= 15 is 0 Å². The Morgan fingerprint density at radius 3 is 2.09 bits per heavy atom. The molecule has 1 aromatic heterocycles. The largest absolute Gasteiger partial charge is 0.425 e. The van der Waals surface area contributed by atoms with Gasteiger partial charge in [0, 0.05) is 17.7 Å². The highest BCUT2D eigenvalue weighted by atomic mass is 32.1. The second-order valence-electron chi connectivity index (χ2n) is 7.46. The molecule has 2 amide bonds. The summed E-state index contributed by atoms with van der Waals surface area (Å²) in [5.41, 5.74) is 2.01. The van der Waals surface area contributed by atoms with Gasteiger partial charge in [0.2, 0.25) is 0 Å². The molecular formula is C27H22N2O4S. The van der Waals surface area contributed by atoms with Gasteiger partial charge in [-0.3, -0.25) is 9.59 Å². The third kappa shape index (κ3) is 6.17. The summed E-state index contributed by atoms with van der Waals surface area (Å²) >= 11 is 1.30. The molecule has 3 aromatic carbocycles. The van der Waals surface area contributed by atoms with Gasteiger partial charge in [-0.15, -0.1) is 11.3 Å². The Labute approximate surface area is 201 Å². The van der Waals surface area contributed by atoms with E-state index in [2.05, 4.69) is 10.6 Å². The van der Waals surface area contributed by atoms with Gasteiger partial charge >= 0.3 is 5.97 Å². The lowest BCUT2D eigenvalue weighted by Gasteiger charge is -2.17. The van der Waals surface area contributed by atoms with Gasteiger partial charge in [0.05, 0.1) is 4.88 Å². The fourth-order valence-electron chi connectivity index (χ4n) is 3.27. The van der Waals surface area contributed by atoms with Crippen molar-refractivity contribution in [1.82, 2.24) is 5.32 Å². The Kier molecular flexibility index (Phi) is 7.47. The molecule has 6 nitrogen and oxygen atoms in total. The Hall–Kier alpha value is -4.23. The van der Waals surface area contributed by atoms with Gasteiger partial charge in [-0.05, 0) is 53.4 Å². The van der Waals surface area contributed by atoms with E-state index in [1.165, 1.54) is 11.3 Å². The van der Waals surface area contributed by atoms with E-state index < -0.39 is 12.0 Å². The Bertz CT molecular complexity index is 1240. The Balaban J connectivity index is 1.42. The number of thiophene rings is 1. The zero-order valence-corrected chi connectivity index (χ0v) is 19.0. The van der Waals surface area contributed by atoms with E-state index in [0.717, 1.165) is 5.56 Å². The highest BCUT2D eigenvalue weighted by Crippen LogP contribution is 2.18. The first-order valence-corrected chi connectivity index (χ1v) is 11.5. The summed E-state index contributed by atoms with van der Waals surface area (Å²) in [5.74, 6) is -0.822. The predicted octanol–water partition coefficient (Wildman–Crippen LogP) is 4.95. The lowest BCUT2D eigenvalue weighted by Crippen LogP contribution is -2.44. The minimum atomic E-state index is -0.866. The quantitative estimate of drug-likeness (QED) is 0.282. The number of nitrogens with one attached hydrogen (secondary N) is 2. The molecule has 0 aliphatic heterocycles. The predicted molar refractivity (Wildman–Crippen MR) is 132 cm³/mol. The van der Waals surface area contributed by atoms with Gasteiger partial charge in [-0.1, -0.05) is 54.6 Å². The van der Waals surface area contributed by atoms with Crippen molar-refractivity contribution in [3.8, 4) is 5.75 Å². The van der Waals surface area contributed by atoms with Crippen LogP contribution in [-0.2, 0) is 11.2 Å². The number of carbonyl (C=O) groups is 3. The second-order valence-corrected chi connectivity index (χ2v) is 8.41. The normalized spacial score (nSPS) is 11.3. The lowest BCUT2D eigenvalue weighted by molar-refractivity contribution is -0.136. The van der Waals surface area contributed by atoms with Gasteiger partial charge < -0.3 is 15.4 Å². The summed E-state index contributed by atoms with van der Waals surface area (Å²) in [6.45, 7) is 0. The van der Waals surface area contributed by atoms with Crippen LogP contribution < -0.4 is 15.4 Å². The number of benzene rings is 3. The second kappa shape index (κ2) is 11.1. The van der Waals surface area contributed by atoms with Crippen molar-refractivity contribution < 1.29 is 19.1 Å². The fraction of sp³-hybridized carbons (Fsp3) is 0.0741. The molecule has 0 saturated carbocycles. The highest BCUT2D eigenvalue weighted by Gasteiger charge is 2.24. The number of anilines is 1. The van der Waals surface area contributed by atoms with Gasteiger partial charge in [0.15, 0.2) is 0 Å². The van der Waals surface area contributed by atoms with Crippen LogP contribution in [0.2, 0.25) is 0 Å². The van der Waals surface area contributed by atoms with Crippen LogP contribution in [0.5, 0.6) is 5.75 Å². The van der Waals surface area contributed by atoms with Crippen molar-refractivity contribution in [3.63, 3.8) is 0 Å². The van der Waals surface area contributed by atoms with E-state index in [1.807, 2.05) is 36.4 Å². The minimum Gasteiger partial charge on any atom is -0.425 e. The van der Waals surface area contributed by atoms with Crippen molar-refractivity contribution in [2.75, 3.05) is 5.32 Å². The van der Waals surface area contributed by atoms with E-state index in [-0.39, 0.29) is 11.8 Å². The van der Waals surface area contributed by atoms with Crippen LogP contribution in [0.15, 0.2) is 102 Å². The number of ether oxygens (including phenoxy) is 1. The molecule has 0 aliphatic carbocycles. The molecule has 0 radical (unpaired) electrons. The molecule has 1 heterocycles.